The molecule has 7 heteroatoms. The molecule has 0 aliphatic heterocycles. The molecule has 2 rings (SSSR count). The van der Waals surface area contributed by atoms with Crippen LogP contribution in [0.5, 0.6) is 5.75 Å². The number of carboxylic acid groups (broad SMARTS) is 1. The van der Waals surface area contributed by atoms with Crippen LogP contribution in [0.15, 0.2) is 30.5 Å². The lowest BCUT2D eigenvalue weighted by Crippen LogP contribution is -2.17. The van der Waals surface area contributed by atoms with Crippen LogP contribution in [0.2, 0.25) is 0 Å². The van der Waals surface area contributed by atoms with Crippen LogP contribution in [0.1, 0.15) is 16.1 Å². The van der Waals surface area contributed by atoms with E-state index in [0.29, 0.717) is 5.69 Å². The van der Waals surface area contributed by atoms with Crippen LogP contribution >= 0.6 is 0 Å². The highest BCUT2D eigenvalue weighted by molar-refractivity contribution is 5.98. The van der Waals surface area contributed by atoms with Crippen molar-refractivity contribution in [2.75, 3.05) is 0 Å². The summed E-state index contributed by atoms with van der Waals surface area (Å²) in [7, 11) is 0. The predicted octanol–water partition coefficient (Wildman–Crippen LogP) is 3.59. The third-order valence-electron chi connectivity index (χ3n) is 2.69. The molecule has 0 radical (unpaired) electrons. The lowest BCUT2D eigenvalue weighted by Gasteiger charge is -2.13. The first-order chi connectivity index (χ1) is 9.29. The Morgan fingerprint density at radius 2 is 1.90 bits per heavy atom. The summed E-state index contributed by atoms with van der Waals surface area (Å²) in [5, 5.41) is 9.14. The number of hydrogen-bond donors (Lipinski definition) is 2. The molecule has 106 valence electrons. The molecule has 0 aliphatic rings. The van der Waals surface area contributed by atoms with Crippen molar-refractivity contribution in [3.8, 4) is 16.9 Å². The Morgan fingerprint density at radius 3 is 2.50 bits per heavy atom. The Bertz CT molecular complexity index is 647. The summed E-state index contributed by atoms with van der Waals surface area (Å²) in [6.07, 6.45) is -3.50. The van der Waals surface area contributed by atoms with Gasteiger partial charge in [-0.3, -0.25) is 0 Å². The van der Waals surface area contributed by atoms with E-state index in [0.717, 1.165) is 6.07 Å². The molecule has 0 saturated carbocycles. The van der Waals surface area contributed by atoms with E-state index in [1.54, 1.807) is 0 Å². The summed E-state index contributed by atoms with van der Waals surface area (Å²) >= 11 is 0. The van der Waals surface area contributed by atoms with E-state index in [1.165, 1.54) is 31.3 Å². The molecule has 20 heavy (non-hydrogen) atoms. The number of aryl methyl sites for hydroxylation is 1. The minimum Gasteiger partial charge on any atom is -0.478 e. The van der Waals surface area contributed by atoms with E-state index in [4.69, 9.17) is 5.11 Å². The van der Waals surface area contributed by atoms with Gasteiger partial charge in [-0.25, -0.2) is 4.79 Å². The number of halogens is 3. The van der Waals surface area contributed by atoms with Crippen molar-refractivity contribution in [3.05, 3.63) is 41.7 Å². The molecule has 0 fully saturated rings. The quantitative estimate of drug-likeness (QED) is 0.906. The fourth-order valence-corrected chi connectivity index (χ4v) is 1.92. The summed E-state index contributed by atoms with van der Waals surface area (Å²) in [5.74, 6) is -1.66. The summed E-state index contributed by atoms with van der Waals surface area (Å²) in [4.78, 5) is 13.9. The Labute approximate surface area is 111 Å². The average molecular weight is 285 g/mol. The van der Waals surface area contributed by atoms with Crippen molar-refractivity contribution >= 4 is 5.97 Å². The highest BCUT2D eigenvalue weighted by atomic mass is 19.4. The maximum absolute atomic E-state index is 12.4. The van der Waals surface area contributed by atoms with Crippen LogP contribution in [0.3, 0.4) is 0 Å². The Hall–Kier alpha value is -2.44. The van der Waals surface area contributed by atoms with E-state index in [2.05, 4.69) is 9.72 Å². The van der Waals surface area contributed by atoms with Gasteiger partial charge in [-0.2, -0.15) is 0 Å². The molecule has 2 N–H and O–H groups in total. The topological polar surface area (TPSA) is 62.3 Å². The molecular formula is C13H10F3NO3. The zero-order chi connectivity index (χ0) is 14.9. The Kier molecular flexibility index (Phi) is 3.44. The number of carbonyl (C=O) groups is 1. The van der Waals surface area contributed by atoms with Gasteiger partial charge in [0, 0.05) is 23.0 Å². The second kappa shape index (κ2) is 4.92. The molecule has 0 bridgehead atoms. The number of H-pyrrole nitrogens is 1. The number of hydrogen-bond acceptors (Lipinski definition) is 2. The van der Waals surface area contributed by atoms with Crippen LogP contribution in [-0.2, 0) is 0 Å². The summed E-state index contributed by atoms with van der Waals surface area (Å²) in [5.41, 5.74) is 0.485. The zero-order valence-electron chi connectivity index (χ0n) is 10.3. The predicted molar refractivity (Wildman–Crippen MR) is 64.6 cm³/mol. The lowest BCUT2D eigenvalue weighted by atomic mass is 10.0. The molecule has 2 aromatic rings. The highest BCUT2D eigenvalue weighted by Crippen LogP contribution is 2.36. The molecular weight excluding hydrogens is 275 g/mol. The maximum Gasteiger partial charge on any atom is 0.573 e. The molecule has 0 saturated heterocycles. The molecule has 0 aliphatic carbocycles. The van der Waals surface area contributed by atoms with Gasteiger partial charge in [-0.05, 0) is 13.0 Å². The van der Waals surface area contributed by atoms with Crippen LogP contribution < -0.4 is 4.74 Å². The maximum atomic E-state index is 12.4. The first kappa shape index (κ1) is 14.0. The smallest absolute Gasteiger partial charge is 0.478 e. The first-order valence-electron chi connectivity index (χ1n) is 5.56. The van der Waals surface area contributed by atoms with Crippen molar-refractivity contribution in [1.29, 1.82) is 0 Å². The number of aromatic carboxylic acids is 1. The van der Waals surface area contributed by atoms with Gasteiger partial charge in [0.05, 0.1) is 5.56 Å². The fraction of sp³-hybridized carbons (Fsp3) is 0.154. The number of aromatic nitrogens is 1. The van der Waals surface area contributed by atoms with Crippen LogP contribution in [-0.4, -0.2) is 22.4 Å². The number of rotatable bonds is 3. The van der Waals surface area contributed by atoms with Gasteiger partial charge in [-0.1, -0.05) is 18.2 Å². The highest BCUT2D eigenvalue weighted by Gasteiger charge is 2.32. The van der Waals surface area contributed by atoms with E-state index < -0.39 is 18.1 Å². The van der Waals surface area contributed by atoms with Gasteiger partial charge in [-0.15, -0.1) is 13.2 Å². The van der Waals surface area contributed by atoms with Crippen molar-refractivity contribution in [2.45, 2.75) is 13.3 Å². The standard InChI is InChI=1S/C13H10F3NO3/c1-7-11(12(18)19)9(6-17-7)8-4-2-3-5-10(8)20-13(14,15)16/h2-6,17H,1H3,(H,18,19). The molecule has 0 spiro atoms. The fourth-order valence-electron chi connectivity index (χ4n) is 1.92. The van der Waals surface area contributed by atoms with E-state index in [1.807, 2.05) is 0 Å². The second-order valence-corrected chi connectivity index (χ2v) is 4.05. The molecule has 1 heterocycles. The number of para-hydroxylation sites is 1. The SMILES string of the molecule is Cc1[nH]cc(-c2ccccc2OC(F)(F)F)c1C(=O)O. The van der Waals surface area contributed by atoms with Crippen LogP contribution in [0, 0.1) is 6.92 Å². The molecule has 1 aromatic heterocycles. The van der Waals surface area contributed by atoms with E-state index in [9.17, 15) is 18.0 Å². The van der Waals surface area contributed by atoms with Crippen molar-refractivity contribution in [2.24, 2.45) is 0 Å². The van der Waals surface area contributed by atoms with E-state index >= 15 is 0 Å². The van der Waals surface area contributed by atoms with Gasteiger partial charge in [0.1, 0.15) is 5.75 Å². The van der Waals surface area contributed by atoms with Crippen molar-refractivity contribution in [1.82, 2.24) is 4.98 Å². The number of ether oxygens (including phenoxy) is 1. The Morgan fingerprint density at radius 1 is 1.25 bits per heavy atom. The summed E-state index contributed by atoms with van der Waals surface area (Å²) in [6, 6.07) is 5.39. The van der Waals surface area contributed by atoms with Crippen LogP contribution in [0.25, 0.3) is 11.1 Å². The molecule has 0 atom stereocenters. The molecule has 0 unspecified atom stereocenters. The second-order valence-electron chi connectivity index (χ2n) is 4.05. The number of alkyl halides is 3. The third-order valence-corrected chi connectivity index (χ3v) is 2.69. The molecule has 1 aromatic carbocycles. The third kappa shape index (κ3) is 2.76. The average Bonchev–Trinajstić information content (AvgIpc) is 2.69. The number of nitrogens with one attached hydrogen (secondary N) is 1. The number of carboxylic acids is 1. The van der Waals surface area contributed by atoms with Crippen LogP contribution in [0.4, 0.5) is 13.2 Å². The minimum absolute atomic E-state index is 0.0616. The zero-order valence-corrected chi connectivity index (χ0v) is 10.3. The first-order valence-corrected chi connectivity index (χ1v) is 5.56. The van der Waals surface area contributed by atoms with Gasteiger partial charge in [0.15, 0.2) is 0 Å². The molecule has 0 amide bonds. The molecule has 4 nitrogen and oxygen atoms in total. The number of aromatic amines is 1. The summed E-state index contributed by atoms with van der Waals surface area (Å²) in [6.45, 7) is 1.53. The Balaban J connectivity index is 2.57. The van der Waals surface area contributed by atoms with Gasteiger partial charge >= 0.3 is 12.3 Å². The van der Waals surface area contributed by atoms with Crippen molar-refractivity contribution < 1.29 is 27.8 Å². The largest absolute Gasteiger partial charge is 0.573 e. The summed E-state index contributed by atoms with van der Waals surface area (Å²) < 4.78 is 41.0. The van der Waals surface area contributed by atoms with Gasteiger partial charge < -0.3 is 14.8 Å². The van der Waals surface area contributed by atoms with Crippen molar-refractivity contribution in [3.63, 3.8) is 0 Å². The minimum atomic E-state index is -4.84. The van der Waals surface area contributed by atoms with Gasteiger partial charge in [0.25, 0.3) is 0 Å². The monoisotopic (exact) mass is 285 g/mol. The van der Waals surface area contributed by atoms with Gasteiger partial charge in [0.2, 0.25) is 0 Å². The van der Waals surface area contributed by atoms with E-state index in [-0.39, 0.29) is 16.7 Å². The number of benzene rings is 1. The lowest BCUT2D eigenvalue weighted by molar-refractivity contribution is -0.274. The normalized spacial score (nSPS) is 11.4.